The van der Waals surface area contributed by atoms with E-state index in [0.29, 0.717) is 18.1 Å². The Labute approximate surface area is 90.0 Å². The molecule has 1 saturated heterocycles. The molecule has 3 fully saturated rings. The van der Waals surface area contributed by atoms with Crippen LogP contribution >= 0.6 is 12.2 Å². The highest BCUT2D eigenvalue weighted by Gasteiger charge is 2.45. The topological polar surface area (TPSA) is 21.8 Å². The molecule has 4 unspecified atom stereocenters. The minimum absolute atomic E-state index is 0.412. The maximum absolute atomic E-state index is 5.88. The number of hydrogen-bond donors (Lipinski definition) is 0. The van der Waals surface area contributed by atoms with Gasteiger partial charge in [0.1, 0.15) is 6.10 Å². The molecule has 1 aliphatic heterocycles. The van der Waals surface area contributed by atoms with Crippen molar-refractivity contribution in [3.8, 4) is 0 Å². The Hall–Kier alpha value is 0.0100. The van der Waals surface area contributed by atoms with Crippen LogP contribution in [-0.4, -0.2) is 30.8 Å². The average Bonchev–Trinajstić information content (AvgIpc) is 2.84. The number of hydrogen-bond acceptors (Lipinski definition) is 3. The Bertz CT molecular complexity index is 239. The predicted molar refractivity (Wildman–Crippen MR) is 57.5 cm³/mol. The molecule has 1 heterocycles. The summed E-state index contributed by atoms with van der Waals surface area (Å²) in [7, 11) is 0. The zero-order valence-corrected chi connectivity index (χ0v) is 9.04. The van der Waals surface area contributed by atoms with Crippen molar-refractivity contribution in [2.24, 2.45) is 17.8 Å². The summed E-state index contributed by atoms with van der Waals surface area (Å²) in [5, 5.41) is 1.98. The summed E-state index contributed by atoms with van der Waals surface area (Å²) in [5.41, 5.74) is 0. The van der Waals surface area contributed by atoms with Gasteiger partial charge in [-0.15, -0.1) is 0 Å². The van der Waals surface area contributed by atoms with Crippen molar-refractivity contribution < 1.29 is 9.47 Å². The van der Waals surface area contributed by atoms with E-state index in [-0.39, 0.29) is 0 Å². The van der Waals surface area contributed by atoms with Crippen LogP contribution in [0, 0.1) is 17.8 Å². The van der Waals surface area contributed by atoms with Gasteiger partial charge in [-0.2, -0.15) is 0 Å². The van der Waals surface area contributed by atoms with Crippen LogP contribution in [0.25, 0.3) is 0 Å². The van der Waals surface area contributed by atoms with E-state index in [4.69, 9.17) is 21.7 Å². The van der Waals surface area contributed by atoms with E-state index in [2.05, 4.69) is 0 Å². The normalized spacial score (nSPS) is 49.6. The third kappa shape index (κ3) is 1.62. The first kappa shape index (κ1) is 9.25. The van der Waals surface area contributed by atoms with Crippen molar-refractivity contribution in [2.75, 3.05) is 13.2 Å². The first-order valence-electron chi connectivity index (χ1n) is 5.55. The molecule has 3 heteroatoms. The highest BCUT2D eigenvalue weighted by atomic mass is 32.1. The Morgan fingerprint density at radius 3 is 2.71 bits per heavy atom. The quantitative estimate of drug-likeness (QED) is 0.524. The molecule has 2 bridgehead atoms. The second-order valence-corrected chi connectivity index (χ2v) is 5.13. The predicted octanol–water partition coefficient (Wildman–Crippen LogP) is 1.82. The van der Waals surface area contributed by atoms with Crippen molar-refractivity contribution in [1.29, 1.82) is 0 Å². The maximum Gasteiger partial charge on any atom is 0.104 e. The van der Waals surface area contributed by atoms with Crippen LogP contribution in [0.15, 0.2) is 0 Å². The Kier molecular flexibility index (Phi) is 2.34. The number of rotatable bonds is 4. The Balaban J connectivity index is 1.51. The van der Waals surface area contributed by atoms with Crippen LogP contribution in [0.1, 0.15) is 19.3 Å². The third-order valence-electron chi connectivity index (χ3n) is 3.92. The zero-order chi connectivity index (χ0) is 9.54. The minimum atomic E-state index is 0.412. The molecule has 78 valence electrons. The minimum Gasteiger partial charge on any atom is -0.375 e. The molecule has 5 atom stereocenters. The highest BCUT2D eigenvalue weighted by Crippen LogP contribution is 2.49. The lowest BCUT2D eigenvalue weighted by Gasteiger charge is -2.25. The van der Waals surface area contributed by atoms with Gasteiger partial charge in [0.15, 0.2) is 0 Å². The van der Waals surface area contributed by atoms with Gasteiger partial charge < -0.3 is 9.47 Å². The molecule has 0 radical (unpaired) electrons. The molecule has 0 spiro atoms. The SMILES string of the molecule is S=C[C@H]1CC2CC1CC2OCC1CO1. The summed E-state index contributed by atoms with van der Waals surface area (Å²) in [6.45, 7) is 1.72. The molecule has 3 rings (SSSR count). The van der Waals surface area contributed by atoms with E-state index in [1.54, 1.807) is 0 Å². The summed E-state index contributed by atoms with van der Waals surface area (Å²) in [6.07, 6.45) is 4.76. The Morgan fingerprint density at radius 2 is 2.14 bits per heavy atom. The molecular weight excluding hydrogens is 196 g/mol. The lowest BCUT2D eigenvalue weighted by molar-refractivity contribution is 0.00538. The maximum atomic E-state index is 5.88. The van der Waals surface area contributed by atoms with Gasteiger partial charge >= 0.3 is 0 Å². The molecule has 0 aromatic carbocycles. The molecule has 2 nitrogen and oxygen atoms in total. The van der Waals surface area contributed by atoms with E-state index in [9.17, 15) is 0 Å². The van der Waals surface area contributed by atoms with Gasteiger partial charge in [0, 0.05) is 0 Å². The Morgan fingerprint density at radius 1 is 1.29 bits per heavy atom. The number of epoxide rings is 1. The lowest BCUT2D eigenvalue weighted by Crippen LogP contribution is -2.26. The van der Waals surface area contributed by atoms with Crippen molar-refractivity contribution in [3.05, 3.63) is 0 Å². The van der Waals surface area contributed by atoms with Gasteiger partial charge in [-0.05, 0) is 42.4 Å². The highest BCUT2D eigenvalue weighted by molar-refractivity contribution is 7.79. The molecule has 2 saturated carbocycles. The summed E-state index contributed by atoms with van der Waals surface area (Å²) in [6, 6.07) is 0. The molecule has 0 aromatic heterocycles. The standard InChI is InChI=1S/C11H16O2S/c14-6-9-2-8-1-7(9)3-11(8)13-5-10-4-12-10/h6-11H,1-5H2/t7?,8?,9-,10?,11?/m1/s1. The van der Waals surface area contributed by atoms with E-state index < -0.39 is 0 Å². The lowest BCUT2D eigenvalue weighted by atomic mass is 9.89. The molecular formula is C11H16O2S. The van der Waals surface area contributed by atoms with Crippen molar-refractivity contribution in [1.82, 2.24) is 0 Å². The fourth-order valence-corrected chi connectivity index (χ4v) is 3.37. The van der Waals surface area contributed by atoms with Crippen molar-refractivity contribution in [3.63, 3.8) is 0 Å². The van der Waals surface area contributed by atoms with E-state index >= 15 is 0 Å². The van der Waals surface area contributed by atoms with Crippen LogP contribution < -0.4 is 0 Å². The van der Waals surface area contributed by atoms with Gasteiger partial charge in [-0.3, -0.25) is 0 Å². The molecule has 3 aliphatic rings. The van der Waals surface area contributed by atoms with Crippen LogP contribution in [0.5, 0.6) is 0 Å². The second-order valence-electron chi connectivity index (χ2n) is 4.85. The first-order chi connectivity index (χ1) is 6.86. The molecule has 2 aliphatic carbocycles. The third-order valence-corrected chi connectivity index (χ3v) is 4.27. The number of fused-ring (bicyclic) bond motifs is 2. The summed E-state index contributed by atoms with van der Waals surface area (Å²) < 4.78 is 11.0. The summed E-state index contributed by atoms with van der Waals surface area (Å²) in [5.74, 6) is 2.30. The van der Waals surface area contributed by atoms with E-state index in [0.717, 1.165) is 25.0 Å². The molecule has 0 amide bonds. The van der Waals surface area contributed by atoms with Crippen molar-refractivity contribution >= 4 is 17.6 Å². The smallest absolute Gasteiger partial charge is 0.104 e. The largest absolute Gasteiger partial charge is 0.375 e. The van der Waals surface area contributed by atoms with Crippen LogP contribution in [-0.2, 0) is 9.47 Å². The van der Waals surface area contributed by atoms with Crippen LogP contribution in [0.2, 0.25) is 0 Å². The van der Waals surface area contributed by atoms with E-state index in [1.807, 2.05) is 5.37 Å². The summed E-state index contributed by atoms with van der Waals surface area (Å²) in [4.78, 5) is 0. The fraction of sp³-hybridized carbons (Fsp3) is 0.909. The van der Waals surface area contributed by atoms with Crippen LogP contribution in [0.4, 0.5) is 0 Å². The van der Waals surface area contributed by atoms with Gasteiger partial charge in [-0.25, -0.2) is 0 Å². The first-order valence-corrected chi connectivity index (χ1v) is 6.02. The van der Waals surface area contributed by atoms with Crippen LogP contribution in [0.3, 0.4) is 0 Å². The van der Waals surface area contributed by atoms with Gasteiger partial charge in [0.05, 0.1) is 19.3 Å². The monoisotopic (exact) mass is 212 g/mol. The summed E-state index contributed by atoms with van der Waals surface area (Å²) >= 11 is 5.04. The number of ether oxygens (including phenoxy) is 2. The number of thiocarbonyl (C=S) groups is 1. The molecule has 0 aromatic rings. The fourth-order valence-electron chi connectivity index (χ4n) is 3.03. The van der Waals surface area contributed by atoms with E-state index in [1.165, 1.54) is 19.3 Å². The van der Waals surface area contributed by atoms with Gasteiger partial charge in [0.25, 0.3) is 0 Å². The average molecular weight is 212 g/mol. The van der Waals surface area contributed by atoms with Gasteiger partial charge in [-0.1, -0.05) is 12.2 Å². The molecule has 14 heavy (non-hydrogen) atoms. The van der Waals surface area contributed by atoms with Crippen molar-refractivity contribution in [2.45, 2.75) is 31.5 Å². The second kappa shape index (κ2) is 3.54. The zero-order valence-electron chi connectivity index (χ0n) is 8.22. The molecule has 0 N–H and O–H groups in total. The van der Waals surface area contributed by atoms with Gasteiger partial charge in [0.2, 0.25) is 0 Å².